The molecule has 1 fully saturated rings. The van der Waals surface area contributed by atoms with Gasteiger partial charge in [-0.05, 0) is 36.6 Å². The number of halogens is 1. The van der Waals surface area contributed by atoms with E-state index in [1.165, 1.54) is 18.2 Å². The number of imide groups is 1. The van der Waals surface area contributed by atoms with Gasteiger partial charge in [0.25, 0.3) is 17.5 Å². The number of rotatable bonds is 5. The highest BCUT2D eigenvalue weighted by atomic mass is 79.9. The number of nitro groups is 1. The smallest absolute Gasteiger partial charge is 0.282 e. The van der Waals surface area contributed by atoms with Crippen LogP contribution in [0, 0.1) is 10.1 Å². The molecular weight excluding hydrogens is 430 g/mol. The summed E-state index contributed by atoms with van der Waals surface area (Å²) in [6, 6.07) is 11.4. The maximum atomic E-state index is 12.6. The summed E-state index contributed by atoms with van der Waals surface area (Å²) in [5.41, 5.74) is -0.308. The average molecular weight is 444 g/mol. The van der Waals surface area contributed by atoms with Gasteiger partial charge in [0.1, 0.15) is 12.1 Å². The fraction of sp³-hybridized carbons (Fsp3) is 0.211. The molecule has 28 heavy (non-hydrogen) atoms. The average Bonchev–Trinajstić information content (AvgIpc) is 3.40. The maximum absolute atomic E-state index is 12.6. The van der Waals surface area contributed by atoms with Gasteiger partial charge in [-0.15, -0.1) is 0 Å². The lowest BCUT2D eigenvalue weighted by Crippen LogP contribution is -2.44. The van der Waals surface area contributed by atoms with Gasteiger partial charge in [0.2, 0.25) is 5.91 Å². The lowest BCUT2D eigenvalue weighted by atomic mass is 10.1. The summed E-state index contributed by atoms with van der Waals surface area (Å²) in [4.78, 5) is 48.8. The molecule has 3 amide bonds. The van der Waals surface area contributed by atoms with Crippen LogP contribution in [-0.4, -0.2) is 34.1 Å². The number of nitro benzene ring substituents is 1. The van der Waals surface area contributed by atoms with E-state index in [0.717, 1.165) is 27.8 Å². The van der Waals surface area contributed by atoms with Crippen molar-refractivity contribution in [2.45, 2.75) is 18.4 Å². The summed E-state index contributed by atoms with van der Waals surface area (Å²) in [7, 11) is 0. The fourth-order valence-electron chi connectivity index (χ4n) is 3.44. The highest BCUT2D eigenvalue weighted by molar-refractivity contribution is 9.10. The molecule has 1 heterocycles. The molecule has 1 aliphatic carbocycles. The molecule has 0 spiro atoms. The number of fused-ring (bicyclic) bond motifs is 1. The van der Waals surface area contributed by atoms with Crippen molar-refractivity contribution in [1.82, 2.24) is 10.2 Å². The Morgan fingerprint density at radius 2 is 1.82 bits per heavy atom. The van der Waals surface area contributed by atoms with Gasteiger partial charge >= 0.3 is 0 Å². The summed E-state index contributed by atoms with van der Waals surface area (Å²) in [5.74, 6) is -2.01. The molecule has 2 aliphatic rings. The van der Waals surface area contributed by atoms with Crippen LogP contribution in [0.4, 0.5) is 5.69 Å². The Kier molecular flexibility index (Phi) is 4.26. The van der Waals surface area contributed by atoms with Crippen LogP contribution in [0.5, 0.6) is 0 Å². The van der Waals surface area contributed by atoms with Crippen molar-refractivity contribution in [2.75, 3.05) is 6.54 Å². The molecule has 0 bridgehead atoms. The van der Waals surface area contributed by atoms with Crippen molar-refractivity contribution in [3.63, 3.8) is 0 Å². The Balaban J connectivity index is 1.52. The quantitative estimate of drug-likeness (QED) is 0.433. The van der Waals surface area contributed by atoms with Crippen LogP contribution < -0.4 is 5.32 Å². The highest BCUT2D eigenvalue weighted by Crippen LogP contribution is 2.45. The van der Waals surface area contributed by atoms with Crippen LogP contribution in [0.1, 0.15) is 39.1 Å². The first kappa shape index (κ1) is 18.3. The van der Waals surface area contributed by atoms with E-state index in [9.17, 15) is 24.5 Å². The molecule has 1 N–H and O–H groups in total. The van der Waals surface area contributed by atoms with Crippen LogP contribution in [0.25, 0.3) is 0 Å². The topological polar surface area (TPSA) is 110 Å². The zero-order valence-corrected chi connectivity index (χ0v) is 16.1. The number of amides is 3. The van der Waals surface area contributed by atoms with Gasteiger partial charge in [0.15, 0.2) is 0 Å². The minimum absolute atomic E-state index is 0.0546. The first-order valence-corrected chi connectivity index (χ1v) is 9.32. The summed E-state index contributed by atoms with van der Waals surface area (Å²) in [5, 5.41) is 14.1. The van der Waals surface area contributed by atoms with Crippen LogP contribution in [0.15, 0.2) is 46.9 Å². The number of hydrogen-bond donors (Lipinski definition) is 1. The molecule has 0 unspecified atom stereocenters. The number of hydrogen-bond acceptors (Lipinski definition) is 5. The van der Waals surface area contributed by atoms with Crippen LogP contribution in [-0.2, 0) is 10.3 Å². The molecule has 142 valence electrons. The van der Waals surface area contributed by atoms with E-state index in [4.69, 9.17) is 0 Å². The molecule has 0 radical (unpaired) electrons. The second-order valence-corrected chi connectivity index (χ2v) is 7.71. The SMILES string of the molecule is O=C(CN1C(=O)c2cccc([N+](=O)[O-])c2C1=O)NC1(c2ccc(Br)cc2)CC1. The van der Waals surface area contributed by atoms with Crippen molar-refractivity contribution >= 4 is 39.3 Å². The van der Waals surface area contributed by atoms with Crippen LogP contribution in [0.3, 0.4) is 0 Å². The zero-order chi connectivity index (χ0) is 20.1. The van der Waals surface area contributed by atoms with E-state index in [-0.39, 0.29) is 11.1 Å². The molecule has 0 atom stereocenters. The van der Waals surface area contributed by atoms with Crippen molar-refractivity contribution < 1.29 is 19.3 Å². The number of benzene rings is 2. The van der Waals surface area contributed by atoms with E-state index >= 15 is 0 Å². The third-order valence-electron chi connectivity index (χ3n) is 5.00. The molecule has 1 saturated carbocycles. The Bertz CT molecular complexity index is 1030. The minimum atomic E-state index is -0.823. The number of carbonyl (C=O) groups excluding carboxylic acids is 3. The lowest BCUT2D eigenvalue weighted by Gasteiger charge is -2.20. The summed E-state index contributed by atoms with van der Waals surface area (Å²) >= 11 is 3.37. The Labute approximate surface area is 167 Å². The molecule has 2 aromatic rings. The lowest BCUT2D eigenvalue weighted by molar-refractivity contribution is -0.385. The van der Waals surface area contributed by atoms with E-state index in [1.54, 1.807) is 0 Å². The second kappa shape index (κ2) is 6.52. The Hall–Kier alpha value is -3.07. The van der Waals surface area contributed by atoms with Crippen molar-refractivity contribution in [2.24, 2.45) is 0 Å². The van der Waals surface area contributed by atoms with Gasteiger partial charge in [-0.25, -0.2) is 0 Å². The Morgan fingerprint density at radius 1 is 1.14 bits per heavy atom. The monoisotopic (exact) mass is 443 g/mol. The summed E-state index contributed by atoms with van der Waals surface area (Å²) in [6.45, 7) is -0.484. The molecule has 0 aromatic heterocycles. The molecule has 4 rings (SSSR count). The van der Waals surface area contributed by atoms with Crippen LogP contribution >= 0.6 is 15.9 Å². The van der Waals surface area contributed by atoms with Gasteiger partial charge in [0, 0.05) is 10.5 Å². The van der Waals surface area contributed by atoms with Gasteiger partial charge in [0.05, 0.1) is 16.0 Å². The number of nitrogens with one attached hydrogen (secondary N) is 1. The molecular formula is C19H14BrN3O5. The zero-order valence-electron chi connectivity index (χ0n) is 14.5. The molecule has 9 heteroatoms. The van der Waals surface area contributed by atoms with E-state index in [2.05, 4.69) is 21.2 Å². The number of carbonyl (C=O) groups is 3. The van der Waals surface area contributed by atoms with Gasteiger partial charge in [-0.2, -0.15) is 0 Å². The molecule has 8 nitrogen and oxygen atoms in total. The first-order valence-electron chi connectivity index (χ1n) is 8.53. The van der Waals surface area contributed by atoms with E-state index in [0.29, 0.717) is 0 Å². The van der Waals surface area contributed by atoms with Crippen molar-refractivity contribution in [3.8, 4) is 0 Å². The minimum Gasteiger partial charge on any atom is -0.345 e. The number of nitrogens with zero attached hydrogens (tertiary/aromatic N) is 2. The van der Waals surface area contributed by atoms with E-state index in [1.807, 2.05) is 24.3 Å². The van der Waals surface area contributed by atoms with Gasteiger partial charge < -0.3 is 5.32 Å². The predicted molar refractivity (Wildman–Crippen MR) is 102 cm³/mol. The highest BCUT2D eigenvalue weighted by Gasteiger charge is 2.47. The van der Waals surface area contributed by atoms with Gasteiger partial charge in [-0.3, -0.25) is 29.4 Å². The second-order valence-electron chi connectivity index (χ2n) is 6.79. The van der Waals surface area contributed by atoms with Crippen molar-refractivity contribution in [3.05, 3.63) is 73.7 Å². The fourth-order valence-corrected chi connectivity index (χ4v) is 3.71. The first-order chi connectivity index (χ1) is 13.3. The van der Waals surface area contributed by atoms with Gasteiger partial charge in [-0.1, -0.05) is 34.1 Å². The molecule has 2 aromatic carbocycles. The molecule has 1 aliphatic heterocycles. The summed E-state index contributed by atoms with van der Waals surface area (Å²) < 4.78 is 0.922. The largest absolute Gasteiger partial charge is 0.345 e. The van der Waals surface area contributed by atoms with Crippen molar-refractivity contribution in [1.29, 1.82) is 0 Å². The van der Waals surface area contributed by atoms with E-state index < -0.39 is 40.4 Å². The summed E-state index contributed by atoms with van der Waals surface area (Å²) in [6.07, 6.45) is 1.52. The standard InChI is InChI=1S/C19H14BrN3O5/c20-12-6-4-11(5-7-12)19(8-9-19)21-15(24)10-22-17(25)13-2-1-3-14(23(27)28)16(13)18(22)26/h1-7H,8-10H2,(H,21,24). The Morgan fingerprint density at radius 3 is 2.43 bits per heavy atom. The molecule has 0 saturated heterocycles. The van der Waals surface area contributed by atoms with Crippen LogP contribution in [0.2, 0.25) is 0 Å². The normalized spacial score (nSPS) is 16.7. The third kappa shape index (κ3) is 2.97. The third-order valence-corrected chi connectivity index (χ3v) is 5.53. The predicted octanol–water partition coefficient (Wildman–Crippen LogP) is 2.76. The maximum Gasteiger partial charge on any atom is 0.282 e.